The van der Waals surface area contributed by atoms with Gasteiger partial charge in [0.2, 0.25) is 0 Å². The van der Waals surface area contributed by atoms with Crippen molar-refractivity contribution < 1.29 is 22.7 Å². The van der Waals surface area contributed by atoms with Crippen molar-refractivity contribution in [3.8, 4) is 0 Å². The summed E-state index contributed by atoms with van der Waals surface area (Å²) in [5, 5.41) is -0.304. The first-order chi connectivity index (χ1) is 7.93. The molecule has 0 bridgehead atoms. The molecule has 1 aromatic heterocycles. The summed E-state index contributed by atoms with van der Waals surface area (Å²) in [6.07, 6.45) is -4.75. The number of ether oxygens (including phenoxy) is 1. The number of nitrogens with two attached hydrogens (primary N) is 1. The standard InChI is InChI=1S/C10H11ClF3NO2S/c1-9(2,3)17-8(16)4-5(10(12,13)14)6(11)18-7(4)15/h15H2,1-3H3. The first-order valence-electron chi connectivity index (χ1n) is 4.82. The van der Waals surface area contributed by atoms with E-state index in [-0.39, 0.29) is 5.00 Å². The monoisotopic (exact) mass is 301 g/mol. The van der Waals surface area contributed by atoms with E-state index >= 15 is 0 Å². The van der Waals surface area contributed by atoms with Gasteiger partial charge >= 0.3 is 12.1 Å². The quantitative estimate of drug-likeness (QED) is 0.799. The number of hydrogen-bond acceptors (Lipinski definition) is 4. The SMILES string of the molecule is CC(C)(C)OC(=O)c1c(N)sc(Cl)c1C(F)(F)F. The minimum absolute atomic E-state index is 0.304. The van der Waals surface area contributed by atoms with Gasteiger partial charge in [-0.3, -0.25) is 0 Å². The zero-order valence-corrected chi connectivity index (χ0v) is 11.4. The summed E-state index contributed by atoms with van der Waals surface area (Å²) in [6, 6.07) is 0. The normalized spacial score (nSPS) is 12.6. The Bertz CT molecular complexity index is 477. The number of alkyl halides is 3. The van der Waals surface area contributed by atoms with Gasteiger partial charge in [0.15, 0.2) is 0 Å². The highest BCUT2D eigenvalue weighted by Crippen LogP contribution is 2.45. The molecule has 0 radical (unpaired) electrons. The molecule has 0 aromatic carbocycles. The van der Waals surface area contributed by atoms with E-state index < -0.39 is 33.2 Å². The van der Waals surface area contributed by atoms with Crippen LogP contribution in [-0.4, -0.2) is 11.6 Å². The highest BCUT2D eigenvalue weighted by atomic mass is 35.5. The summed E-state index contributed by atoms with van der Waals surface area (Å²) < 4.78 is 42.6. The van der Waals surface area contributed by atoms with Crippen molar-refractivity contribution in [2.75, 3.05) is 5.73 Å². The van der Waals surface area contributed by atoms with Crippen LogP contribution in [-0.2, 0) is 10.9 Å². The van der Waals surface area contributed by atoms with Crippen molar-refractivity contribution in [1.82, 2.24) is 0 Å². The van der Waals surface area contributed by atoms with Crippen LogP contribution in [0.25, 0.3) is 0 Å². The molecule has 0 saturated heterocycles. The number of hydrogen-bond donors (Lipinski definition) is 1. The largest absolute Gasteiger partial charge is 0.456 e. The highest BCUT2D eigenvalue weighted by molar-refractivity contribution is 7.20. The summed E-state index contributed by atoms with van der Waals surface area (Å²) in [7, 11) is 0. The molecular weight excluding hydrogens is 291 g/mol. The maximum Gasteiger partial charge on any atom is 0.419 e. The maximum atomic E-state index is 12.8. The molecule has 0 saturated carbocycles. The van der Waals surface area contributed by atoms with E-state index in [1.807, 2.05) is 0 Å². The summed E-state index contributed by atoms with van der Waals surface area (Å²) in [5.41, 5.74) is 2.53. The number of rotatable bonds is 1. The molecule has 0 spiro atoms. The van der Waals surface area contributed by atoms with Crippen LogP contribution in [0.2, 0.25) is 4.34 Å². The van der Waals surface area contributed by atoms with Crippen LogP contribution in [0.3, 0.4) is 0 Å². The summed E-state index contributed by atoms with van der Waals surface area (Å²) >= 11 is 5.96. The summed E-state index contributed by atoms with van der Waals surface area (Å²) in [6.45, 7) is 4.63. The Kier molecular flexibility index (Phi) is 3.88. The van der Waals surface area contributed by atoms with Gasteiger partial charge in [-0.05, 0) is 20.8 Å². The van der Waals surface area contributed by atoms with Crippen LogP contribution in [0, 0.1) is 0 Å². The molecule has 8 heteroatoms. The lowest BCUT2D eigenvalue weighted by molar-refractivity contribution is -0.137. The number of esters is 1. The zero-order chi connectivity index (χ0) is 14.3. The van der Waals surface area contributed by atoms with Gasteiger partial charge in [0.1, 0.15) is 26.1 Å². The zero-order valence-electron chi connectivity index (χ0n) is 9.81. The van der Waals surface area contributed by atoms with E-state index in [1.54, 1.807) is 20.8 Å². The lowest BCUT2D eigenvalue weighted by Crippen LogP contribution is -2.25. The molecular formula is C10H11ClF3NO2S. The molecule has 0 aliphatic rings. The van der Waals surface area contributed by atoms with Crippen molar-refractivity contribution in [1.29, 1.82) is 0 Å². The molecule has 0 amide bonds. The van der Waals surface area contributed by atoms with Crippen LogP contribution in [0.1, 0.15) is 36.7 Å². The molecule has 1 heterocycles. The van der Waals surface area contributed by atoms with Gasteiger partial charge in [0.05, 0.1) is 0 Å². The Morgan fingerprint density at radius 1 is 1.33 bits per heavy atom. The van der Waals surface area contributed by atoms with Crippen molar-refractivity contribution >= 4 is 33.9 Å². The number of thiophene rings is 1. The molecule has 0 aliphatic carbocycles. The first-order valence-corrected chi connectivity index (χ1v) is 6.01. The Hall–Kier alpha value is -0.950. The highest BCUT2D eigenvalue weighted by Gasteiger charge is 2.42. The smallest absolute Gasteiger partial charge is 0.419 e. The average Bonchev–Trinajstić information content (AvgIpc) is 2.36. The van der Waals surface area contributed by atoms with Crippen LogP contribution in [0.5, 0.6) is 0 Å². The van der Waals surface area contributed by atoms with Crippen LogP contribution in [0.4, 0.5) is 18.2 Å². The van der Waals surface area contributed by atoms with Gasteiger partial charge in [-0.1, -0.05) is 11.6 Å². The minimum Gasteiger partial charge on any atom is -0.456 e. The van der Waals surface area contributed by atoms with E-state index in [0.29, 0.717) is 11.3 Å². The first kappa shape index (κ1) is 15.1. The third-order valence-corrected chi connectivity index (χ3v) is 3.01. The predicted molar refractivity (Wildman–Crippen MR) is 63.9 cm³/mol. The number of halogens is 4. The van der Waals surface area contributed by atoms with Crippen LogP contribution < -0.4 is 5.73 Å². The molecule has 0 unspecified atom stereocenters. The van der Waals surface area contributed by atoms with E-state index in [2.05, 4.69) is 0 Å². The van der Waals surface area contributed by atoms with E-state index in [4.69, 9.17) is 22.1 Å². The minimum atomic E-state index is -4.75. The number of anilines is 1. The van der Waals surface area contributed by atoms with Gasteiger partial charge in [-0.25, -0.2) is 4.79 Å². The second-order valence-electron chi connectivity index (χ2n) is 4.49. The van der Waals surface area contributed by atoms with Gasteiger partial charge in [-0.15, -0.1) is 11.3 Å². The fourth-order valence-corrected chi connectivity index (χ4v) is 2.46. The average molecular weight is 302 g/mol. The predicted octanol–water partition coefficient (Wildman–Crippen LogP) is 3.96. The third-order valence-electron chi connectivity index (χ3n) is 1.78. The molecule has 18 heavy (non-hydrogen) atoms. The Morgan fingerprint density at radius 2 is 1.83 bits per heavy atom. The molecule has 1 aromatic rings. The summed E-state index contributed by atoms with van der Waals surface area (Å²) in [5.74, 6) is -1.13. The summed E-state index contributed by atoms with van der Waals surface area (Å²) in [4.78, 5) is 11.7. The number of carbonyl (C=O) groups is 1. The van der Waals surface area contributed by atoms with E-state index in [1.165, 1.54) is 0 Å². The second-order valence-corrected chi connectivity index (χ2v) is 6.14. The van der Waals surface area contributed by atoms with Gasteiger partial charge in [0.25, 0.3) is 0 Å². The number of carbonyl (C=O) groups excluding carboxylic acids is 1. The molecule has 102 valence electrons. The molecule has 0 atom stereocenters. The number of nitrogen functional groups attached to an aromatic ring is 1. The fourth-order valence-electron chi connectivity index (χ4n) is 1.21. The molecule has 2 N–H and O–H groups in total. The van der Waals surface area contributed by atoms with Crippen molar-refractivity contribution in [3.05, 3.63) is 15.5 Å². The van der Waals surface area contributed by atoms with Crippen molar-refractivity contribution in [2.24, 2.45) is 0 Å². The van der Waals surface area contributed by atoms with Crippen molar-refractivity contribution in [3.63, 3.8) is 0 Å². The topological polar surface area (TPSA) is 52.3 Å². The van der Waals surface area contributed by atoms with Crippen LogP contribution >= 0.6 is 22.9 Å². The molecule has 1 rings (SSSR count). The van der Waals surface area contributed by atoms with E-state index in [0.717, 1.165) is 0 Å². The Labute approximate surface area is 111 Å². The van der Waals surface area contributed by atoms with Gasteiger partial charge in [0, 0.05) is 0 Å². The third kappa shape index (κ3) is 3.29. The fraction of sp³-hybridized carbons (Fsp3) is 0.500. The van der Waals surface area contributed by atoms with Crippen LogP contribution in [0.15, 0.2) is 0 Å². The Balaban J connectivity index is 3.29. The van der Waals surface area contributed by atoms with Crippen molar-refractivity contribution in [2.45, 2.75) is 32.5 Å². The Morgan fingerprint density at radius 3 is 2.22 bits per heavy atom. The second kappa shape index (κ2) is 4.62. The van der Waals surface area contributed by atoms with E-state index in [9.17, 15) is 18.0 Å². The van der Waals surface area contributed by atoms with Gasteiger partial charge in [-0.2, -0.15) is 13.2 Å². The molecule has 3 nitrogen and oxygen atoms in total. The molecule has 0 fully saturated rings. The maximum absolute atomic E-state index is 12.8. The lowest BCUT2D eigenvalue weighted by Gasteiger charge is -2.20. The lowest BCUT2D eigenvalue weighted by atomic mass is 10.1. The molecule has 0 aliphatic heterocycles. The van der Waals surface area contributed by atoms with Gasteiger partial charge < -0.3 is 10.5 Å².